The lowest BCUT2D eigenvalue weighted by Gasteiger charge is -2.32. The lowest BCUT2D eigenvalue weighted by atomic mass is 10.0. The minimum absolute atomic E-state index is 0.0477. The number of piperidine rings is 1. The van der Waals surface area contributed by atoms with Gasteiger partial charge in [-0.1, -0.05) is 44.6 Å². The fourth-order valence-electron chi connectivity index (χ4n) is 3.88. The first-order valence-electron chi connectivity index (χ1n) is 11.1. The molecule has 5 heteroatoms. The number of nitrogens with zero attached hydrogens (tertiary/aromatic N) is 3. The predicted octanol–water partition coefficient (Wildman–Crippen LogP) is 5.34. The summed E-state index contributed by atoms with van der Waals surface area (Å²) >= 11 is 0. The van der Waals surface area contributed by atoms with E-state index in [0.717, 1.165) is 45.2 Å². The molecule has 0 atom stereocenters. The number of hydrogen-bond donors (Lipinski definition) is 0. The van der Waals surface area contributed by atoms with Gasteiger partial charge in [-0.05, 0) is 39.0 Å². The number of aromatic nitrogens is 2. The van der Waals surface area contributed by atoms with Gasteiger partial charge in [0.1, 0.15) is 0 Å². The van der Waals surface area contributed by atoms with Crippen molar-refractivity contribution in [1.29, 1.82) is 0 Å². The molecular formula is C23H37N3O2. The third kappa shape index (κ3) is 7.61. The Balaban J connectivity index is 1.53. The molecular weight excluding hydrogens is 350 g/mol. The van der Waals surface area contributed by atoms with Gasteiger partial charge < -0.3 is 4.90 Å². The first-order chi connectivity index (χ1) is 13.6. The van der Waals surface area contributed by atoms with Crippen molar-refractivity contribution < 1.29 is 9.59 Å². The van der Waals surface area contributed by atoms with E-state index in [1.807, 2.05) is 21.9 Å². The van der Waals surface area contributed by atoms with Crippen LogP contribution in [0.3, 0.4) is 0 Å². The first-order valence-corrected chi connectivity index (χ1v) is 11.1. The zero-order valence-electron chi connectivity index (χ0n) is 17.6. The largest absolute Gasteiger partial charge is 0.343 e. The molecule has 0 aliphatic carbocycles. The molecule has 1 saturated heterocycles. The molecule has 156 valence electrons. The highest BCUT2D eigenvalue weighted by Crippen LogP contribution is 2.23. The zero-order valence-corrected chi connectivity index (χ0v) is 17.6. The summed E-state index contributed by atoms with van der Waals surface area (Å²) in [4.78, 5) is 25.8. The van der Waals surface area contributed by atoms with Gasteiger partial charge in [-0.15, -0.1) is 6.58 Å². The molecule has 0 N–H and O–H groups in total. The molecule has 5 nitrogen and oxygen atoms in total. The van der Waals surface area contributed by atoms with Gasteiger partial charge in [-0.3, -0.25) is 14.3 Å². The number of amides is 1. The van der Waals surface area contributed by atoms with E-state index in [9.17, 15) is 9.59 Å². The molecule has 0 unspecified atom stereocenters. The van der Waals surface area contributed by atoms with Crippen LogP contribution in [0.15, 0.2) is 25.0 Å². The van der Waals surface area contributed by atoms with Gasteiger partial charge in [-0.25, -0.2) is 0 Å². The summed E-state index contributed by atoms with van der Waals surface area (Å²) in [6.07, 6.45) is 19.1. The van der Waals surface area contributed by atoms with E-state index in [0.29, 0.717) is 23.9 Å². The Bertz CT molecular complexity index is 615. The van der Waals surface area contributed by atoms with E-state index in [1.54, 1.807) is 13.1 Å². The minimum Gasteiger partial charge on any atom is -0.343 e. The van der Waals surface area contributed by atoms with Gasteiger partial charge in [0.15, 0.2) is 5.78 Å². The van der Waals surface area contributed by atoms with Crippen molar-refractivity contribution in [2.24, 2.45) is 0 Å². The molecule has 1 aromatic heterocycles. The average molecular weight is 388 g/mol. The summed E-state index contributed by atoms with van der Waals surface area (Å²) in [7, 11) is 0. The number of carbonyl (C=O) groups excluding carboxylic acids is 2. The van der Waals surface area contributed by atoms with Crippen molar-refractivity contribution in [2.75, 3.05) is 13.1 Å². The van der Waals surface area contributed by atoms with E-state index in [2.05, 4.69) is 11.7 Å². The number of ketones is 1. The molecule has 0 saturated carbocycles. The van der Waals surface area contributed by atoms with Crippen molar-refractivity contribution in [2.45, 2.75) is 90.0 Å². The number of rotatable bonds is 13. The summed E-state index contributed by atoms with van der Waals surface area (Å²) in [6.45, 7) is 6.91. The number of likely N-dealkylation sites (tertiary alicyclic amines) is 1. The Morgan fingerprint density at radius 3 is 2.25 bits per heavy atom. The highest BCUT2D eigenvalue weighted by atomic mass is 16.2. The van der Waals surface area contributed by atoms with Crippen LogP contribution in [0.2, 0.25) is 0 Å². The quantitative estimate of drug-likeness (QED) is 0.261. The summed E-state index contributed by atoms with van der Waals surface area (Å²) in [5, 5.41) is 4.32. The first kappa shape index (κ1) is 22.4. The predicted molar refractivity (Wildman–Crippen MR) is 113 cm³/mol. The standard InChI is InChI=1S/C23H37N3O2/c1-3-4-5-6-7-8-9-10-11-12-13-23(28)25-16-14-22(15-17-25)26-19-21(18-24-26)20(2)27/h3,18-19,22H,1,4-17H2,2H3. The monoisotopic (exact) mass is 387 g/mol. The highest BCUT2D eigenvalue weighted by Gasteiger charge is 2.24. The molecule has 0 aromatic carbocycles. The molecule has 2 heterocycles. The normalized spacial score (nSPS) is 15.0. The van der Waals surface area contributed by atoms with Crippen LogP contribution in [0.25, 0.3) is 0 Å². The van der Waals surface area contributed by atoms with Crippen LogP contribution in [-0.4, -0.2) is 39.5 Å². The highest BCUT2D eigenvalue weighted by molar-refractivity contribution is 5.93. The number of hydrogen-bond acceptors (Lipinski definition) is 3. The molecule has 0 radical (unpaired) electrons. The SMILES string of the molecule is C=CCCCCCCCCCCC(=O)N1CCC(n2cc(C(C)=O)cn2)CC1. The van der Waals surface area contributed by atoms with Crippen molar-refractivity contribution in [1.82, 2.24) is 14.7 Å². The van der Waals surface area contributed by atoms with E-state index < -0.39 is 0 Å². The van der Waals surface area contributed by atoms with Crippen molar-refractivity contribution in [3.63, 3.8) is 0 Å². The maximum absolute atomic E-state index is 12.4. The lowest BCUT2D eigenvalue weighted by molar-refractivity contribution is -0.132. The van der Waals surface area contributed by atoms with Crippen molar-refractivity contribution in [3.05, 3.63) is 30.6 Å². The van der Waals surface area contributed by atoms with E-state index in [1.165, 1.54) is 38.5 Å². The van der Waals surface area contributed by atoms with Gasteiger partial charge in [0.05, 0.1) is 17.8 Å². The Morgan fingerprint density at radius 2 is 1.68 bits per heavy atom. The molecule has 0 bridgehead atoms. The average Bonchev–Trinajstić information content (AvgIpc) is 3.20. The molecule has 2 rings (SSSR count). The van der Waals surface area contributed by atoms with Crippen LogP contribution >= 0.6 is 0 Å². The number of Topliss-reactive ketones (excluding diaryl/α,β-unsaturated/α-hetero) is 1. The van der Waals surface area contributed by atoms with Crippen LogP contribution in [0, 0.1) is 0 Å². The van der Waals surface area contributed by atoms with Crippen LogP contribution in [0.1, 0.15) is 100 Å². The smallest absolute Gasteiger partial charge is 0.222 e. The molecule has 0 spiro atoms. The third-order valence-corrected chi connectivity index (χ3v) is 5.75. The van der Waals surface area contributed by atoms with Gasteiger partial charge in [0.2, 0.25) is 5.91 Å². The van der Waals surface area contributed by atoms with Gasteiger partial charge in [0.25, 0.3) is 0 Å². The molecule has 1 aliphatic heterocycles. The molecule has 1 amide bonds. The summed E-state index contributed by atoms with van der Waals surface area (Å²) in [5.41, 5.74) is 0.662. The van der Waals surface area contributed by atoms with Gasteiger partial charge in [-0.2, -0.15) is 5.10 Å². The Kier molecular flexibility index (Phi) is 10.0. The molecule has 1 aliphatic rings. The molecule has 1 fully saturated rings. The Morgan fingerprint density at radius 1 is 1.07 bits per heavy atom. The number of allylic oxidation sites excluding steroid dienone is 1. The number of carbonyl (C=O) groups is 2. The summed E-state index contributed by atoms with van der Waals surface area (Å²) in [6, 6.07) is 0.295. The lowest BCUT2D eigenvalue weighted by Crippen LogP contribution is -2.39. The molecule has 28 heavy (non-hydrogen) atoms. The van der Waals surface area contributed by atoms with Crippen LogP contribution in [0.5, 0.6) is 0 Å². The van der Waals surface area contributed by atoms with Crippen LogP contribution in [0.4, 0.5) is 0 Å². The van der Waals surface area contributed by atoms with Crippen LogP contribution in [-0.2, 0) is 4.79 Å². The zero-order chi connectivity index (χ0) is 20.2. The fourth-order valence-corrected chi connectivity index (χ4v) is 3.88. The third-order valence-electron chi connectivity index (χ3n) is 5.75. The Labute approximate surface area is 170 Å². The second-order valence-corrected chi connectivity index (χ2v) is 8.03. The summed E-state index contributed by atoms with van der Waals surface area (Å²) in [5.74, 6) is 0.347. The topological polar surface area (TPSA) is 55.2 Å². The molecule has 1 aromatic rings. The number of unbranched alkanes of at least 4 members (excludes halogenated alkanes) is 8. The maximum atomic E-state index is 12.4. The van der Waals surface area contributed by atoms with E-state index in [4.69, 9.17) is 0 Å². The van der Waals surface area contributed by atoms with Gasteiger partial charge in [0, 0.05) is 25.7 Å². The van der Waals surface area contributed by atoms with E-state index in [-0.39, 0.29) is 5.78 Å². The summed E-state index contributed by atoms with van der Waals surface area (Å²) < 4.78 is 1.90. The van der Waals surface area contributed by atoms with Crippen molar-refractivity contribution >= 4 is 11.7 Å². The van der Waals surface area contributed by atoms with Crippen molar-refractivity contribution in [3.8, 4) is 0 Å². The second kappa shape index (κ2) is 12.5. The minimum atomic E-state index is 0.0477. The van der Waals surface area contributed by atoms with Crippen LogP contribution < -0.4 is 0 Å². The van der Waals surface area contributed by atoms with E-state index >= 15 is 0 Å². The maximum Gasteiger partial charge on any atom is 0.222 e. The fraction of sp³-hybridized carbons (Fsp3) is 0.696. The Hall–Kier alpha value is -1.91. The second-order valence-electron chi connectivity index (χ2n) is 8.03. The van der Waals surface area contributed by atoms with Gasteiger partial charge >= 0.3 is 0 Å².